The number of esters is 1. The second-order valence-corrected chi connectivity index (χ2v) is 11.0. The van der Waals surface area contributed by atoms with Gasteiger partial charge >= 0.3 is 12.0 Å². The highest BCUT2D eigenvalue weighted by Gasteiger charge is 2.62. The van der Waals surface area contributed by atoms with E-state index in [4.69, 9.17) is 14.2 Å². The number of allylic oxidation sites excluding steroid dienone is 1. The van der Waals surface area contributed by atoms with Crippen molar-refractivity contribution in [3.05, 3.63) is 48.6 Å². The van der Waals surface area contributed by atoms with E-state index in [0.29, 0.717) is 37.4 Å². The summed E-state index contributed by atoms with van der Waals surface area (Å²) in [5.41, 5.74) is 0.435. The van der Waals surface area contributed by atoms with Crippen LogP contribution in [0.2, 0.25) is 0 Å². The fourth-order valence-corrected chi connectivity index (χ4v) is 5.92. The molecule has 2 heterocycles. The number of hydrogen-bond acceptors (Lipinski definition) is 8. The quantitative estimate of drug-likeness (QED) is 0.419. The largest absolute Gasteiger partial charge is 0.474 e. The molecule has 2 saturated carbocycles. The zero-order valence-corrected chi connectivity index (χ0v) is 23.9. The Bertz CT molecular complexity index is 1300. The highest BCUT2D eigenvalue weighted by Crippen LogP contribution is 2.47. The summed E-state index contributed by atoms with van der Waals surface area (Å²) in [5, 5.41) is 3.01. The first-order valence-corrected chi connectivity index (χ1v) is 14.4. The highest BCUT2D eigenvalue weighted by molar-refractivity contribution is 5.95. The van der Waals surface area contributed by atoms with Gasteiger partial charge in [-0.3, -0.25) is 9.59 Å². The Labute approximate surface area is 240 Å². The number of nitrogens with zero attached hydrogens (tertiary/aromatic N) is 3. The molecule has 1 N–H and O–H groups in total. The predicted octanol–water partition coefficient (Wildman–Crippen LogP) is 3.56. The van der Waals surface area contributed by atoms with Crippen molar-refractivity contribution in [1.82, 2.24) is 20.2 Å². The maximum Gasteiger partial charge on any atom is 0.332 e. The maximum atomic E-state index is 13.8. The molecule has 0 bridgehead atoms. The first-order chi connectivity index (χ1) is 19.8. The molecule has 0 spiro atoms. The number of carbonyl (C=O) groups excluding carboxylic acids is 3. The van der Waals surface area contributed by atoms with Gasteiger partial charge < -0.3 is 24.4 Å². The van der Waals surface area contributed by atoms with E-state index in [2.05, 4.69) is 21.4 Å². The van der Waals surface area contributed by atoms with Gasteiger partial charge in [0.2, 0.25) is 17.7 Å². The normalized spacial score (nSPS) is 28.9. The summed E-state index contributed by atoms with van der Waals surface area (Å²) in [4.78, 5) is 50.9. The van der Waals surface area contributed by atoms with Crippen LogP contribution in [-0.2, 0) is 19.1 Å². The molecular formula is C31H38N4O6. The van der Waals surface area contributed by atoms with Gasteiger partial charge in [0.15, 0.2) is 0 Å². The fourth-order valence-electron chi connectivity index (χ4n) is 5.92. The minimum atomic E-state index is -1.09. The van der Waals surface area contributed by atoms with Gasteiger partial charge in [-0.05, 0) is 45.4 Å². The van der Waals surface area contributed by atoms with Crippen molar-refractivity contribution in [2.45, 2.75) is 57.1 Å². The van der Waals surface area contributed by atoms with Crippen LogP contribution in [0.3, 0.4) is 0 Å². The second-order valence-electron chi connectivity index (χ2n) is 11.0. The van der Waals surface area contributed by atoms with Gasteiger partial charge in [0.1, 0.15) is 11.6 Å². The topological polar surface area (TPSA) is 120 Å². The molecule has 41 heavy (non-hydrogen) atoms. The molecule has 3 aliphatic rings. The lowest BCUT2D eigenvalue weighted by atomic mass is 9.93. The molecule has 0 unspecified atom stereocenters. The second kappa shape index (κ2) is 12.3. The molecule has 2 amide bonds. The molecular weight excluding hydrogens is 524 g/mol. The minimum absolute atomic E-state index is 0.0911. The number of rotatable bonds is 6. The zero-order valence-electron chi connectivity index (χ0n) is 23.9. The summed E-state index contributed by atoms with van der Waals surface area (Å²) >= 11 is 0. The lowest BCUT2D eigenvalue weighted by molar-refractivity contribution is -0.150. The number of nitrogens with one attached hydrogen (secondary N) is 1. The van der Waals surface area contributed by atoms with Crippen LogP contribution in [0.15, 0.2) is 48.6 Å². The standard InChI is InChI=1S/C31H38N4O6/c1-4-40-29(38)31-19-21(31)14-10-5-6-11-15-35(2)28(37)24-17-22(16-23(24)27(36)34-31)41-26-18-25(32-30(33-26)39-3)20-12-8-7-9-13-20/h7-10,12-14,18,21-24H,4-6,11,15-17,19H2,1-3H3,(H,34,36)/b14-10-/t21-,22-,23-,24-,31-/m1/s1. The molecule has 10 heteroatoms. The molecule has 218 valence electrons. The van der Waals surface area contributed by atoms with Gasteiger partial charge in [-0.1, -0.05) is 42.5 Å². The van der Waals surface area contributed by atoms with E-state index in [9.17, 15) is 14.4 Å². The van der Waals surface area contributed by atoms with Gasteiger partial charge in [-0.25, -0.2) is 4.79 Å². The minimum Gasteiger partial charge on any atom is -0.474 e. The van der Waals surface area contributed by atoms with E-state index in [1.807, 2.05) is 36.4 Å². The van der Waals surface area contributed by atoms with E-state index in [-0.39, 0.29) is 30.3 Å². The Morgan fingerprint density at radius 3 is 2.66 bits per heavy atom. The molecule has 0 radical (unpaired) electrons. The molecule has 1 aromatic carbocycles. The average molecular weight is 563 g/mol. The molecule has 5 atom stereocenters. The van der Waals surface area contributed by atoms with E-state index >= 15 is 0 Å². The summed E-state index contributed by atoms with van der Waals surface area (Å²) in [7, 11) is 3.27. The van der Waals surface area contributed by atoms with Gasteiger partial charge in [-0.2, -0.15) is 9.97 Å². The van der Waals surface area contributed by atoms with E-state index in [0.717, 1.165) is 24.8 Å². The van der Waals surface area contributed by atoms with Crippen molar-refractivity contribution in [3.63, 3.8) is 0 Å². The maximum absolute atomic E-state index is 13.8. The predicted molar refractivity (Wildman–Crippen MR) is 151 cm³/mol. The van der Waals surface area contributed by atoms with E-state index in [1.165, 1.54) is 7.11 Å². The smallest absolute Gasteiger partial charge is 0.332 e. The molecule has 1 aromatic heterocycles. The van der Waals surface area contributed by atoms with Crippen molar-refractivity contribution in [2.75, 3.05) is 27.3 Å². The Hall–Kier alpha value is -3.95. The fraction of sp³-hybridized carbons (Fsp3) is 0.516. The summed E-state index contributed by atoms with van der Waals surface area (Å²) in [6.45, 7) is 2.59. The first-order valence-electron chi connectivity index (χ1n) is 14.4. The molecule has 2 fully saturated rings. The third kappa shape index (κ3) is 6.21. The summed E-state index contributed by atoms with van der Waals surface area (Å²) in [6, 6.07) is 11.5. The van der Waals surface area contributed by atoms with Gasteiger partial charge in [0, 0.05) is 31.1 Å². The lowest BCUT2D eigenvalue weighted by Crippen LogP contribution is -2.50. The van der Waals surface area contributed by atoms with Crippen LogP contribution >= 0.6 is 0 Å². The van der Waals surface area contributed by atoms with Crippen molar-refractivity contribution < 1.29 is 28.6 Å². The van der Waals surface area contributed by atoms with Crippen molar-refractivity contribution in [1.29, 1.82) is 0 Å². The van der Waals surface area contributed by atoms with E-state index in [1.54, 1.807) is 24.9 Å². The van der Waals surface area contributed by atoms with Gasteiger partial charge in [0.25, 0.3) is 0 Å². The van der Waals surface area contributed by atoms with Crippen molar-refractivity contribution in [2.24, 2.45) is 17.8 Å². The Morgan fingerprint density at radius 2 is 1.90 bits per heavy atom. The van der Waals surface area contributed by atoms with Crippen LogP contribution in [0.1, 0.15) is 45.4 Å². The number of methoxy groups -OCH3 is 1. The Kier molecular flexibility index (Phi) is 8.56. The first kappa shape index (κ1) is 28.6. The molecule has 0 saturated heterocycles. The van der Waals surface area contributed by atoms with Crippen LogP contribution in [0.5, 0.6) is 11.9 Å². The molecule has 2 aliphatic carbocycles. The van der Waals surface area contributed by atoms with Crippen LogP contribution in [0.25, 0.3) is 11.3 Å². The van der Waals surface area contributed by atoms with Crippen LogP contribution in [0.4, 0.5) is 0 Å². The third-order valence-corrected chi connectivity index (χ3v) is 8.25. The number of fused-ring (bicyclic) bond motifs is 2. The summed E-state index contributed by atoms with van der Waals surface area (Å²) < 4.78 is 17.0. The number of benzene rings is 1. The summed E-state index contributed by atoms with van der Waals surface area (Å²) in [5.74, 6) is -1.90. The van der Waals surface area contributed by atoms with Crippen molar-refractivity contribution in [3.8, 4) is 23.1 Å². The summed E-state index contributed by atoms with van der Waals surface area (Å²) in [6.07, 6.45) is 7.41. The number of aromatic nitrogens is 2. The number of carbonyl (C=O) groups is 3. The molecule has 5 rings (SSSR count). The van der Waals surface area contributed by atoms with Crippen LogP contribution in [-0.4, -0.2) is 71.6 Å². The Balaban J connectivity index is 1.40. The van der Waals surface area contributed by atoms with Crippen LogP contribution in [0, 0.1) is 17.8 Å². The number of hydrogen-bond donors (Lipinski definition) is 1. The lowest BCUT2D eigenvalue weighted by Gasteiger charge is -2.26. The monoisotopic (exact) mass is 562 g/mol. The average Bonchev–Trinajstić information content (AvgIpc) is 3.51. The SMILES string of the molecule is CCOC(=O)[C@@]12C[C@H]1/C=C\CCCCN(C)C(=O)[C@@H]1C[C@H](Oc3cc(-c4ccccc4)nc(OC)n3)C[C@H]1C(=O)N2. The molecule has 1 aliphatic heterocycles. The van der Waals surface area contributed by atoms with E-state index < -0.39 is 29.4 Å². The third-order valence-electron chi connectivity index (χ3n) is 8.25. The Morgan fingerprint density at radius 1 is 1.12 bits per heavy atom. The van der Waals surface area contributed by atoms with Gasteiger partial charge in [0.05, 0.1) is 31.2 Å². The molecule has 2 aromatic rings. The van der Waals surface area contributed by atoms with Crippen LogP contribution < -0.4 is 14.8 Å². The van der Waals surface area contributed by atoms with Gasteiger partial charge in [-0.15, -0.1) is 0 Å². The highest BCUT2D eigenvalue weighted by atomic mass is 16.5. The zero-order chi connectivity index (χ0) is 29.0. The van der Waals surface area contributed by atoms with Crippen molar-refractivity contribution >= 4 is 17.8 Å². The number of ether oxygens (including phenoxy) is 3. The number of amides is 2. The molecule has 10 nitrogen and oxygen atoms in total.